The Bertz CT molecular complexity index is 603. The van der Waals surface area contributed by atoms with Gasteiger partial charge in [-0.05, 0) is 23.8 Å². The second kappa shape index (κ2) is 5.39. The zero-order valence-electron chi connectivity index (χ0n) is 10.6. The molecule has 0 bridgehead atoms. The van der Waals surface area contributed by atoms with E-state index in [2.05, 4.69) is 39.6 Å². The average molecular weight is 292 g/mol. The topological polar surface area (TPSA) is 37.8 Å². The molecule has 1 aromatic carbocycles. The molecule has 1 aromatic heterocycles. The first-order chi connectivity index (χ1) is 9.26. The molecule has 1 aliphatic rings. The molecule has 3 nitrogen and oxygen atoms in total. The smallest absolute Gasteiger partial charge is 0.190 e. The average Bonchev–Trinajstić information content (AvgIpc) is 2.39. The van der Waals surface area contributed by atoms with Gasteiger partial charge in [-0.3, -0.25) is 0 Å². The number of fused-ring (bicyclic) bond motifs is 1. The summed E-state index contributed by atoms with van der Waals surface area (Å²) in [4.78, 5) is 8.52. The van der Waals surface area contributed by atoms with E-state index >= 15 is 0 Å². The molecule has 0 aliphatic heterocycles. The van der Waals surface area contributed by atoms with Crippen LogP contribution in [0.5, 0.6) is 0 Å². The number of benzene rings is 1. The van der Waals surface area contributed by atoms with Crippen molar-refractivity contribution in [3.05, 3.63) is 46.6 Å². The van der Waals surface area contributed by atoms with Gasteiger partial charge in [0.1, 0.15) is 11.0 Å². The third kappa shape index (κ3) is 2.69. The molecule has 1 atom stereocenters. The highest BCUT2D eigenvalue weighted by atomic mass is 35.5. The Labute approximate surface area is 121 Å². The second-order valence-electron chi connectivity index (χ2n) is 4.54. The predicted molar refractivity (Wildman–Crippen MR) is 80.2 cm³/mol. The molecule has 1 unspecified atom stereocenters. The minimum atomic E-state index is 0.482. The molecule has 0 spiro atoms. The van der Waals surface area contributed by atoms with Crippen molar-refractivity contribution in [1.82, 2.24) is 9.97 Å². The molecule has 0 saturated carbocycles. The molecule has 19 heavy (non-hydrogen) atoms. The molecule has 1 heterocycles. The van der Waals surface area contributed by atoms with E-state index in [1.54, 1.807) is 6.07 Å². The van der Waals surface area contributed by atoms with Gasteiger partial charge >= 0.3 is 0 Å². The molecule has 0 fully saturated rings. The number of aromatic nitrogens is 2. The summed E-state index contributed by atoms with van der Waals surface area (Å²) in [6, 6.07) is 10.4. The van der Waals surface area contributed by atoms with Crippen LogP contribution in [0.2, 0.25) is 5.15 Å². The standard InChI is InChI=1S/C14H14ClN3S/c1-19-14-17-12(15)7-13(18-14)16-8-10-6-9-4-2-3-5-11(9)10/h2-5,7,10H,6,8H2,1H3,(H,16,17,18). The van der Waals surface area contributed by atoms with Crippen molar-refractivity contribution in [2.45, 2.75) is 17.5 Å². The summed E-state index contributed by atoms with van der Waals surface area (Å²) in [6.45, 7) is 0.887. The summed E-state index contributed by atoms with van der Waals surface area (Å²) in [7, 11) is 0. The number of nitrogens with one attached hydrogen (secondary N) is 1. The van der Waals surface area contributed by atoms with Gasteiger partial charge in [-0.1, -0.05) is 47.6 Å². The van der Waals surface area contributed by atoms with Gasteiger partial charge in [0.05, 0.1) is 0 Å². The first-order valence-corrected chi connectivity index (χ1v) is 7.77. The third-order valence-corrected chi connectivity index (χ3v) is 4.09. The SMILES string of the molecule is CSc1nc(Cl)cc(NCC2Cc3ccccc32)n1. The molecular formula is C14H14ClN3S. The maximum absolute atomic E-state index is 5.97. The van der Waals surface area contributed by atoms with Crippen molar-refractivity contribution in [3.8, 4) is 0 Å². The van der Waals surface area contributed by atoms with E-state index in [4.69, 9.17) is 11.6 Å². The Morgan fingerprint density at radius 1 is 1.37 bits per heavy atom. The number of halogens is 1. The third-order valence-electron chi connectivity index (χ3n) is 3.35. The summed E-state index contributed by atoms with van der Waals surface area (Å²) in [5.74, 6) is 1.37. The van der Waals surface area contributed by atoms with E-state index in [1.807, 2.05) is 6.26 Å². The van der Waals surface area contributed by atoms with Crippen LogP contribution in [0.1, 0.15) is 17.0 Å². The van der Waals surface area contributed by atoms with E-state index in [0.717, 1.165) is 18.8 Å². The lowest BCUT2D eigenvalue weighted by Gasteiger charge is -2.30. The molecule has 1 N–H and O–H groups in total. The number of thioether (sulfide) groups is 1. The quantitative estimate of drug-likeness (QED) is 0.530. The molecule has 5 heteroatoms. The predicted octanol–water partition coefficient (Wildman–Crippen LogP) is 3.60. The summed E-state index contributed by atoms with van der Waals surface area (Å²) in [5.41, 5.74) is 2.90. The molecule has 3 rings (SSSR count). The van der Waals surface area contributed by atoms with Crippen LogP contribution in [-0.4, -0.2) is 22.8 Å². The first-order valence-electron chi connectivity index (χ1n) is 6.16. The highest BCUT2D eigenvalue weighted by Crippen LogP contribution is 2.34. The molecule has 2 aromatic rings. The maximum Gasteiger partial charge on any atom is 0.190 e. The normalized spacial score (nSPS) is 16.6. The number of hydrogen-bond donors (Lipinski definition) is 1. The summed E-state index contributed by atoms with van der Waals surface area (Å²) >= 11 is 7.46. The zero-order valence-corrected chi connectivity index (χ0v) is 12.1. The minimum Gasteiger partial charge on any atom is -0.369 e. The Morgan fingerprint density at radius 3 is 3.00 bits per heavy atom. The van der Waals surface area contributed by atoms with Crippen LogP contribution >= 0.6 is 23.4 Å². The Morgan fingerprint density at radius 2 is 2.21 bits per heavy atom. The highest BCUT2D eigenvalue weighted by Gasteiger charge is 2.24. The van der Waals surface area contributed by atoms with E-state index < -0.39 is 0 Å². The maximum atomic E-state index is 5.97. The van der Waals surface area contributed by atoms with Crippen molar-refractivity contribution in [1.29, 1.82) is 0 Å². The second-order valence-corrected chi connectivity index (χ2v) is 5.70. The fourth-order valence-corrected chi connectivity index (χ4v) is 2.96. The van der Waals surface area contributed by atoms with Gasteiger partial charge in [0.2, 0.25) is 0 Å². The number of hydrogen-bond acceptors (Lipinski definition) is 4. The fourth-order valence-electron chi connectivity index (χ4n) is 2.35. The van der Waals surface area contributed by atoms with Crippen LogP contribution in [0.4, 0.5) is 5.82 Å². The van der Waals surface area contributed by atoms with Crippen molar-refractivity contribution in [2.75, 3.05) is 18.1 Å². The lowest BCUT2D eigenvalue weighted by Crippen LogP contribution is -2.24. The number of nitrogens with zero attached hydrogens (tertiary/aromatic N) is 2. The monoisotopic (exact) mass is 291 g/mol. The van der Waals surface area contributed by atoms with Crippen LogP contribution in [0.25, 0.3) is 0 Å². The molecule has 0 radical (unpaired) electrons. The molecule has 98 valence electrons. The first kappa shape index (κ1) is 12.8. The van der Waals surface area contributed by atoms with E-state index in [0.29, 0.717) is 16.2 Å². The summed E-state index contributed by atoms with van der Waals surface area (Å²) < 4.78 is 0. The van der Waals surface area contributed by atoms with Crippen molar-refractivity contribution < 1.29 is 0 Å². The van der Waals surface area contributed by atoms with Crippen LogP contribution in [-0.2, 0) is 6.42 Å². The van der Waals surface area contributed by atoms with E-state index in [9.17, 15) is 0 Å². The number of anilines is 1. The Hall–Kier alpha value is -1.26. The van der Waals surface area contributed by atoms with Gasteiger partial charge < -0.3 is 5.32 Å². The van der Waals surface area contributed by atoms with Crippen molar-refractivity contribution in [3.63, 3.8) is 0 Å². The molecule has 0 saturated heterocycles. The fraction of sp³-hybridized carbons (Fsp3) is 0.286. The Balaban J connectivity index is 1.66. The van der Waals surface area contributed by atoms with Crippen LogP contribution in [0.15, 0.2) is 35.5 Å². The van der Waals surface area contributed by atoms with Crippen LogP contribution in [0, 0.1) is 0 Å². The van der Waals surface area contributed by atoms with Gasteiger partial charge in [0.15, 0.2) is 5.16 Å². The molecule has 0 amide bonds. The van der Waals surface area contributed by atoms with Gasteiger partial charge in [-0.25, -0.2) is 9.97 Å². The number of rotatable bonds is 4. The van der Waals surface area contributed by atoms with Crippen LogP contribution in [0.3, 0.4) is 0 Å². The molecule has 1 aliphatic carbocycles. The summed E-state index contributed by atoms with van der Waals surface area (Å²) in [5, 5.41) is 4.53. The highest BCUT2D eigenvalue weighted by molar-refractivity contribution is 7.98. The summed E-state index contributed by atoms with van der Waals surface area (Å²) in [6.07, 6.45) is 3.08. The van der Waals surface area contributed by atoms with Gasteiger partial charge in [0.25, 0.3) is 0 Å². The lowest BCUT2D eigenvalue weighted by molar-refractivity contribution is 0.634. The van der Waals surface area contributed by atoms with E-state index in [1.165, 1.54) is 22.9 Å². The Kier molecular flexibility index (Phi) is 3.62. The van der Waals surface area contributed by atoms with E-state index in [-0.39, 0.29) is 0 Å². The van der Waals surface area contributed by atoms with Gasteiger partial charge in [-0.15, -0.1) is 0 Å². The van der Waals surface area contributed by atoms with Gasteiger partial charge in [0, 0.05) is 18.5 Å². The lowest BCUT2D eigenvalue weighted by atomic mass is 9.78. The zero-order chi connectivity index (χ0) is 13.2. The minimum absolute atomic E-state index is 0.482. The van der Waals surface area contributed by atoms with Crippen molar-refractivity contribution >= 4 is 29.2 Å². The van der Waals surface area contributed by atoms with Crippen molar-refractivity contribution in [2.24, 2.45) is 0 Å². The van der Waals surface area contributed by atoms with Crippen LogP contribution < -0.4 is 5.32 Å². The molecular weight excluding hydrogens is 278 g/mol. The largest absolute Gasteiger partial charge is 0.369 e. The van der Waals surface area contributed by atoms with Gasteiger partial charge in [-0.2, -0.15) is 0 Å².